The van der Waals surface area contributed by atoms with Crippen molar-refractivity contribution >= 4 is 22.9 Å². The van der Waals surface area contributed by atoms with E-state index in [0.717, 1.165) is 12.0 Å². The van der Waals surface area contributed by atoms with Gasteiger partial charge in [0.1, 0.15) is 11.5 Å². The molecule has 1 heterocycles. The predicted octanol–water partition coefficient (Wildman–Crippen LogP) is 4.65. The second-order valence-electron chi connectivity index (χ2n) is 6.57. The van der Waals surface area contributed by atoms with Gasteiger partial charge in [-0.2, -0.15) is 0 Å². The number of thiophene rings is 1. The molecule has 0 bridgehead atoms. The van der Waals surface area contributed by atoms with Crippen LogP contribution in [0.5, 0.6) is 11.5 Å². The Morgan fingerprint density at radius 2 is 1.72 bits per heavy atom. The van der Waals surface area contributed by atoms with Gasteiger partial charge in [0.2, 0.25) is 5.91 Å². The Morgan fingerprint density at radius 1 is 1.03 bits per heavy atom. The zero-order valence-corrected chi connectivity index (χ0v) is 17.7. The van der Waals surface area contributed by atoms with Gasteiger partial charge in [0.15, 0.2) is 0 Å². The van der Waals surface area contributed by atoms with E-state index in [1.54, 1.807) is 43.8 Å². The van der Waals surface area contributed by atoms with E-state index < -0.39 is 0 Å². The number of carbonyl (C=O) groups is 1. The molecule has 0 radical (unpaired) electrons. The third-order valence-corrected chi connectivity index (χ3v) is 5.59. The second-order valence-corrected chi connectivity index (χ2v) is 7.55. The maximum Gasteiger partial charge on any atom is 0.238 e. The lowest BCUT2D eigenvalue weighted by Gasteiger charge is -2.18. The average Bonchev–Trinajstić information content (AvgIpc) is 3.28. The number of nitrogens with one attached hydrogen (secondary N) is 2. The number of benzene rings is 2. The molecule has 0 aliphatic rings. The topological polar surface area (TPSA) is 59.6 Å². The van der Waals surface area contributed by atoms with Crippen molar-refractivity contribution in [1.29, 1.82) is 0 Å². The number of hydrogen-bond donors (Lipinski definition) is 2. The zero-order valence-electron chi connectivity index (χ0n) is 16.9. The Bertz CT molecular complexity index is 902. The minimum Gasteiger partial charge on any atom is -0.497 e. The summed E-state index contributed by atoms with van der Waals surface area (Å²) in [4.78, 5) is 13.7. The number of anilines is 1. The molecule has 1 atom stereocenters. The van der Waals surface area contributed by atoms with E-state index in [1.165, 1.54) is 10.4 Å². The van der Waals surface area contributed by atoms with Crippen LogP contribution >= 0.6 is 11.3 Å². The molecule has 152 valence electrons. The monoisotopic (exact) mass is 410 g/mol. The molecular formula is C23H26N2O3S. The normalized spacial score (nSPS) is 11.7. The van der Waals surface area contributed by atoms with Gasteiger partial charge >= 0.3 is 0 Å². The van der Waals surface area contributed by atoms with Crippen LogP contribution in [0.2, 0.25) is 0 Å². The molecule has 0 saturated carbocycles. The highest BCUT2D eigenvalue weighted by molar-refractivity contribution is 7.10. The van der Waals surface area contributed by atoms with Crippen LogP contribution in [0.1, 0.15) is 29.0 Å². The first-order valence-corrected chi connectivity index (χ1v) is 10.4. The van der Waals surface area contributed by atoms with Crippen LogP contribution < -0.4 is 20.1 Å². The van der Waals surface area contributed by atoms with Crippen LogP contribution in [0.4, 0.5) is 5.69 Å². The SMILES string of the molecule is CCc1ccc(C(NCC(=O)Nc2cc(OC)cc(OC)c2)c2cccs2)cc1. The molecule has 6 heteroatoms. The summed E-state index contributed by atoms with van der Waals surface area (Å²) in [5, 5.41) is 8.34. The molecule has 1 amide bonds. The third-order valence-electron chi connectivity index (χ3n) is 4.65. The van der Waals surface area contributed by atoms with Crippen molar-refractivity contribution in [2.75, 3.05) is 26.1 Å². The molecule has 0 aliphatic carbocycles. The molecule has 1 aromatic heterocycles. The number of carbonyl (C=O) groups excluding carboxylic acids is 1. The molecule has 3 rings (SSSR count). The quantitative estimate of drug-likeness (QED) is 0.539. The van der Waals surface area contributed by atoms with E-state index in [4.69, 9.17) is 9.47 Å². The lowest BCUT2D eigenvalue weighted by Crippen LogP contribution is -2.31. The fraction of sp³-hybridized carbons (Fsp3) is 0.261. The Balaban J connectivity index is 1.70. The molecule has 2 N–H and O–H groups in total. The van der Waals surface area contributed by atoms with E-state index in [1.807, 2.05) is 11.4 Å². The van der Waals surface area contributed by atoms with Crippen molar-refractivity contribution in [2.24, 2.45) is 0 Å². The Labute approximate surface area is 175 Å². The van der Waals surface area contributed by atoms with Gasteiger partial charge in [-0.3, -0.25) is 10.1 Å². The van der Waals surface area contributed by atoms with E-state index >= 15 is 0 Å². The number of hydrogen-bond acceptors (Lipinski definition) is 5. The van der Waals surface area contributed by atoms with Crippen molar-refractivity contribution in [3.8, 4) is 11.5 Å². The van der Waals surface area contributed by atoms with Crippen molar-refractivity contribution < 1.29 is 14.3 Å². The fourth-order valence-electron chi connectivity index (χ4n) is 3.06. The van der Waals surface area contributed by atoms with Crippen LogP contribution in [0, 0.1) is 0 Å². The van der Waals surface area contributed by atoms with Crippen molar-refractivity contribution in [3.63, 3.8) is 0 Å². The molecule has 1 unspecified atom stereocenters. The van der Waals surface area contributed by atoms with Crippen LogP contribution in [0.15, 0.2) is 60.0 Å². The number of amides is 1. The Morgan fingerprint density at radius 3 is 2.28 bits per heavy atom. The van der Waals surface area contributed by atoms with E-state index in [2.05, 4.69) is 47.9 Å². The number of ether oxygens (including phenoxy) is 2. The lowest BCUT2D eigenvalue weighted by atomic mass is 10.0. The smallest absolute Gasteiger partial charge is 0.238 e. The van der Waals surface area contributed by atoms with Crippen molar-refractivity contribution in [2.45, 2.75) is 19.4 Å². The van der Waals surface area contributed by atoms with Gasteiger partial charge in [-0.05, 0) is 29.0 Å². The second kappa shape index (κ2) is 10.1. The summed E-state index contributed by atoms with van der Waals surface area (Å²) in [6.45, 7) is 2.32. The summed E-state index contributed by atoms with van der Waals surface area (Å²) in [7, 11) is 3.16. The number of methoxy groups -OCH3 is 2. The summed E-state index contributed by atoms with van der Waals surface area (Å²) in [5.41, 5.74) is 3.07. The molecule has 0 saturated heterocycles. The van der Waals surface area contributed by atoms with Gasteiger partial charge in [-0.15, -0.1) is 11.3 Å². The lowest BCUT2D eigenvalue weighted by molar-refractivity contribution is -0.115. The third kappa shape index (κ3) is 5.59. The molecule has 3 aromatic rings. The summed E-state index contributed by atoms with van der Waals surface area (Å²) in [5.74, 6) is 1.12. The van der Waals surface area contributed by atoms with Gasteiger partial charge in [0.05, 0.1) is 26.8 Å². The summed E-state index contributed by atoms with van der Waals surface area (Å²) in [6, 6.07) is 17.9. The van der Waals surface area contributed by atoms with Gasteiger partial charge < -0.3 is 14.8 Å². The first-order chi connectivity index (χ1) is 14.1. The maximum atomic E-state index is 12.6. The fourth-order valence-corrected chi connectivity index (χ4v) is 3.89. The summed E-state index contributed by atoms with van der Waals surface area (Å²) in [6.07, 6.45) is 1.00. The molecule has 0 spiro atoms. The van der Waals surface area contributed by atoms with E-state index in [9.17, 15) is 4.79 Å². The first-order valence-electron chi connectivity index (χ1n) is 9.51. The van der Waals surface area contributed by atoms with Crippen LogP contribution in [0.3, 0.4) is 0 Å². The Kier molecular flexibility index (Phi) is 7.27. The predicted molar refractivity (Wildman–Crippen MR) is 118 cm³/mol. The van der Waals surface area contributed by atoms with Crippen molar-refractivity contribution in [1.82, 2.24) is 5.32 Å². The van der Waals surface area contributed by atoms with Gasteiger partial charge in [0, 0.05) is 28.8 Å². The molecule has 2 aromatic carbocycles. The summed E-state index contributed by atoms with van der Waals surface area (Å²) < 4.78 is 10.5. The molecule has 0 fully saturated rings. The standard InChI is InChI=1S/C23H26N2O3S/c1-4-16-7-9-17(10-8-16)23(21-6-5-11-29-21)24-15-22(26)25-18-12-19(27-2)14-20(13-18)28-3/h5-14,23-24H,4,15H2,1-3H3,(H,25,26). The van der Waals surface area contributed by atoms with E-state index in [0.29, 0.717) is 17.2 Å². The molecule has 29 heavy (non-hydrogen) atoms. The highest BCUT2D eigenvalue weighted by atomic mass is 32.1. The summed E-state index contributed by atoms with van der Waals surface area (Å²) >= 11 is 1.67. The van der Waals surface area contributed by atoms with E-state index in [-0.39, 0.29) is 18.5 Å². The van der Waals surface area contributed by atoms with Gasteiger partial charge in [-0.25, -0.2) is 0 Å². The number of aryl methyl sites for hydroxylation is 1. The number of rotatable bonds is 9. The maximum absolute atomic E-state index is 12.6. The minimum atomic E-state index is -0.132. The minimum absolute atomic E-state index is 0.0356. The first kappa shape index (κ1) is 20.9. The molecule has 0 aliphatic heterocycles. The molecule has 5 nitrogen and oxygen atoms in total. The largest absolute Gasteiger partial charge is 0.497 e. The van der Waals surface area contributed by atoms with Crippen molar-refractivity contribution in [3.05, 3.63) is 76.0 Å². The Hall–Kier alpha value is -2.83. The van der Waals surface area contributed by atoms with Crippen LogP contribution in [-0.2, 0) is 11.2 Å². The van der Waals surface area contributed by atoms with Gasteiger partial charge in [-0.1, -0.05) is 37.3 Å². The van der Waals surface area contributed by atoms with Crippen LogP contribution in [-0.4, -0.2) is 26.7 Å². The highest BCUT2D eigenvalue weighted by Crippen LogP contribution is 2.27. The average molecular weight is 411 g/mol. The zero-order chi connectivity index (χ0) is 20.6. The van der Waals surface area contributed by atoms with Crippen LogP contribution in [0.25, 0.3) is 0 Å². The van der Waals surface area contributed by atoms with Gasteiger partial charge in [0.25, 0.3) is 0 Å². The molecular weight excluding hydrogens is 384 g/mol. The highest BCUT2D eigenvalue weighted by Gasteiger charge is 2.16.